The maximum Gasteiger partial charge on any atom is 0.0705 e. The highest BCUT2D eigenvalue weighted by atomic mass is 79.9. The van der Waals surface area contributed by atoms with E-state index in [2.05, 4.69) is 45.2 Å². The maximum atomic E-state index is 4.59. The molecule has 0 N–H and O–H groups in total. The number of nitrogens with zero attached hydrogens (tertiary/aromatic N) is 1. The largest absolute Gasteiger partial charge is 0.253 e. The number of fused-ring (bicyclic) bond motifs is 1. The van der Waals surface area contributed by atoms with Crippen molar-refractivity contribution in [2.45, 2.75) is 12.8 Å². The van der Waals surface area contributed by atoms with Gasteiger partial charge in [0.15, 0.2) is 0 Å². The fraction of sp³-hybridized carbons (Fsp3) is 0.250. The summed E-state index contributed by atoms with van der Waals surface area (Å²) in [7, 11) is 0. The summed E-state index contributed by atoms with van der Waals surface area (Å²) in [5, 5.41) is 2.26. The quantitative estimate of drug-likeness (QED) is 0.771. The Bertz CT molecular complexity index is 429. The van der Waals surface area contributed by atoms with Crippen molar-refractivity contribution in [2.24, 2.45) is 0 Å². The van der Waals surface area contributed by atoms with Crippen LogP contribution < -0.4 is 0 Å². The molecule has 1 nitrogen and oxygen atoms in total. The van der Waals surface area contributed by atoms with Crippen LogP contribution in [0.5, 0.6) is 0 Å². The number of halogens is 2. The first-order valence-corrected chi connectivity index (χ1v) is 5.93. The van der Waals surface area contributed by atoms with Gasteiger partial charge in [0.05, 0.1) is 5.52 Å². The van der Waals surface area contributed by atoms with Crippen molar-refractivity contribution in [3.8, 4) is 0 Å². The Morgan fingerprint density at radius 3 is 2.67 bits per heavy atom. The van der Waals surface area contributed by atoms with E-state index in [1.807, 2.05) is 12.1 Å². The van der Waals surface area contributed by atoms with Gasteiger partial charge < -0.3 is 0 Å². The summed E-state index contributed by atoms with van der Waals surface area (Å²) in [6.07, 6.45) is 2.20. The summed E-state index contributed by atoms with van der Waals surface area (Å²) < 4.78 is 0. The Hall–Kier alpha value is -0.410. The fourth-order valence-corrected chi connectivity index (χ4v) is 1.78. The van der Waals surface area contributed by atoms with E-state index in [-0.39, 0.29) is 17.0 Å². The Balaban J connectivity index is 0.00000112. The summed E-state index contributed by atoms with van der Waals surface area (Å²) in [4.78, 5) is 4.59. The van der Waals surface area contributed by atoms with Gasteiger partial charge in [0.2, 0.25) is 0 Å². The number of para-hydroxylation sites is 1. The normalized spacial score (nSPS) is 9.93. The number of hydrogen-bond acceptors (Lipinski definition) is 1. The SMILES string of the molecule is Br.BrCCCc1ccc2ccccc2n1. The van der Waals surface area contributed by atoms with Gasteiger partial charge >= 0.3 is 0 Å². The van der Waals surface area contributed by atoms with Crippen molar-refractivity contribution in [1.29, 1.82) is 0 Å². The van der Waals surface area contributed by atoms with Gasteiger partial charge in [-0.25, -0.2) is 0 Å². The molecule has 0 radical (unpaired) electrons. The van der Waals surface area contributed by atoms with Gasteiger partial charge in [-0.3, -0.25) is 4.98 Å². The summed E-state index contributed by atoms with van der Waals surface area (Å²) in [5.74, 6) is 0. The molecule has 2 rings (SSSR count). The Morgan fingerprint density at radius 1 is 1.07 bits per heavy atom. The number of aryl methyl sites for hydroxylation is 1. The smallest absolute Gasteiger partial charge is 0.0705 e. The van der Waals surface area contributed by atoms with Crippen molar-refractivity contribution in [1.82, 2.24) is 4.98 Å². The molecule has 0 spiro atoms. The van der Waals surface area contributed by atoms with E-state index in [9.17, 15) is 0 Å². The minimum atomic E-state index is 0. The zero-order valence-corrected chi connectivity index (χ0v) is 11.6. The monoisotopic (exact) mass is 329 g/mol. The predicted octanol–water partition coefficient (Wildman–Crippen LogP) is 4.14. The van der Waals surface area contributed by atoms with Gasteiger partial charge in [-0.05, 0) is 25.0 Å². The predicted molar refractivity (Wildman–Crippen MR) is 74.2 cm³/mol. The number of alkyl halides is 1. The lowest BCUT2D eigenvalue weighted by molar-refractivity contribution is 0.905. The number of aromatic nitrogens is 1. The van der Waals surface area contributed by atoms with Crippen LogP contribution in [-0.2, 0) is 6.42 Å². The van der Waals surface area contributed by atoms with Crippen LogP contribution in [0, 0.1) is 0 Å². The highest BCUT2D eigenvalue weighted by Gasteiger charge is 1.96. The molecular formula is C12H13Br2N. The average Bonchev–Trinajstić information content (AvgIpc) is 2.26. The van der Waals surface area contributed by atoms with Gasteiger partial charge in [0.1, 0.15) is 0 Å². The van der Waals surface area contributed by atoms with E-state index in [1.165, 1.54) is 11.1 Å². The standard InChI is InChI=1S/C12H12BrN.BrH/c13-9-3-5-11-8-7-10-4-1-2-6-12(10)14-11;/h1-2,4,6-8H,3,5,9H2;1H. The van der Waals surface area contributed by atoms with E-state index in [1.54, 1.807) is 0 Å². The minimum absolute atomic E-state index is 0. The van der Waals surface area contributed by atoms with Crippen LogP contribution in [0.15, 0.2) is 36.4 Å². The Morgan fingerprint density at radius 2 is 1.87 bits per heavy atom. The number of benzene rings is 1. The Kier molecular flexibility index (Phi) is 5.26. The average molecular weight is 331 g/mol. The van der Waals surface area contributed by atoms with Crippen LogP contribution >= 0.6 is 32.9 Å². The van der Waals surface area contributed by atoms with Crippen LogP contribution in [0.4, 0.5) is 0 Å². The molecule has 3 heteroatoms. The van der Waals surface area contributed by atoms with Crippen LogP contribution in [0.3, 0.4) is 0 Å². The molecule has 1 aromatic carbocycles. The van der Waals surface area contributed by atoms with Gasteiger partial charge in [-0.1, -0.05) is 40.2 Å². The molecule has 0 saturated carbocycles. The molecule has 0 atom stereocenters. The van der Waals surface area contributed by atoms with Crippen molar-refractivity contribution in [2.75, 3.05) is 5.33 Å². The highest BCUT2D eigenvalue weighted by molar-refractivity contribution is 9.09. The number of rotatable bonds is 3. The van der Waals surface area contributed by atoms with Crippen molar-refractivity contribution in [3.05, 3.63) is 42.1 Å². The third-order valence-corrected chi connectivity index (χ3v) is 2.78. The topological polar surface area (TPSA) is 12.9 Å². The fourth-order valence-electron chi connectivity index (χ4n) is 1.50. The van der Waals surface area contributed by atoms with Crippen LogP contribution in [0.2, 0.25) is 0 Å². The number of hydrogen-bond donors (Lipinski definition) is 0. The summed E-state index contributed by atoms with van der Waals surface area (Å²) in [6.45, 7) is 0. The molecule has 15 heavy (non-hydrogen) atoms. The molecule has 0 saturated heterocycles. The van der Waals surface area contributed by atoms with E-state index in [4.69, 9.17) is 0 Å². The van der Waals surface area contributed by atoms with E-state index >= 15 is 0 Å². The molecular weight excluding hydrogens is 318 g/mol. The molecule has 0 amide bonds. The molecule has 1 heterocycles. The molecule has 80 valence electrons. The minimum Gasteiger partial charge on any atom is -0.253 e. The van der Waals surface area contributed by atoms with E-state index in [0.29, 0.717) is 0 Å². The lowest BCUT2D eigenvalue weighted by atomic mass is 10.1. The molecule has 1 aromatic heterocycles. The first-order chi connectivity index (χ1) is 6.90. The first-order valence-electron chi connectivity index (χ1n) is 4.81. The zero-order chi connectivity index (χ0) is 9.80. The molecule has 2 aromatic rings. The number of pyridine rings is 1. The summed E-state index contributed by atoms with van der Waals surface area (Å²) in [5.41, 5.74) is 2.28. The molecule has 0 aliphatic carbocycles. The zero-order valence-electron chi connectivity index (χ0n) is 8.32. The van der Waals surface area contributed by atoms with E-state index < -0.39 is 0 Å². The van der Waals surface area contributed by atoms with Crippen molar-refractivity contribution >= 4 is 43.8 Å². The third kappa shape index (κ3) is 3.28. The van der Waals surface area contributed by atoms with Crippen LogP contribution in [-0.4, -0.2) is 10.3 Å². The lowest BCUT2D eigenvalue weighted by Crippen LogP contribution is -1.90. The molecule has 0 aliphatic heterocycles. The lowest BCUT2D eigenvalue weighted by Gasteiger charge is -2.01. The molecule has 0 fully saturated rings. The molecule has 0 unspecified atom stereocenters. The first kappa shape index (κ1) is 12.7. The second-order valence-electron chi connectivity index (χ2n) is 3.29. The van der Waals surface area contributed by atoms with Gasteiger partial charge in [-0.15, -0.1) is 17.0 Å². The maximum absolute atomic E-state index is 4.59. The second kappa shape index (κ2) is 6.23. The van der Waals surface area contributed by atoms with E-state index in [0.717, 1.165) is 23.7 Å². The third-order valence-electron chi connectivity index (χ3n) is 2.22. The summed E-state index contributed by atoms with van der Waals surface area (Å²) >= 11 is 3.43. The second-order valence-corrected chi connectivity index (χ2v) is 4.08. The van der Waals surface area contributed by atoms with Crippen LogP contribution in [0.1, 0.15) is 12.1 Å². The Labute approximate surface area is 109 Å². The van der Waals surface area contributed by atoms with Gasteiger partial charge in [0, 0.05) is 16.4 Å². The molecule has 0 aliphatic rings. The van der Waals surface area contributed by atoms with Gasteiger partial charge in [-0.2, -0.15) is 0 Å². The molecule has 0 bridgehead atoms. The highest BCUT2D eigenvalue weighted by Crippen LogP contribution is 2.12. The van der Waals surface area contributed by atoms with Crippen LogP contribution in [0.25, 0.3) is 10.9 Å². The summed E-state index contributed by atoms with van der Waals surface area (Å²) in [6, 6.07) is 12.5. The van der Waals surface area contributed by atoms with Gasteiger partial charge in [0.25, 0.3) is 0 Å². The van der Waals surface area contributed by atoms with Crippen molar-refractivity contribution in [3.63, 3.8) is 0 Å². The van der Waals surface area contributed by atoms with Crippen molar-refractivity contribution < 1.29 is 0 Å².